The van der Waals surface area contributed by atoms with Crippen LogP contribution in [0.1, 0.15) is 27.6 Å². The molecule has 0 amide bonds. The SMILES string of the molecule is O=C(O[C@@H]1Cc2c(O)cc(O[C@@H]3O[C@H](CO)[C@@H](O)[C@H](O)[C@H]3O)cc2O[C@@H]1c1cc(O)c(O)c(O)c1)c1cc(O)c(O[C@@H]2O[C@H](C(=O)O)[C@@H](O)[C@H](O)[C@H]2O)c(O)c1. The number of hydrogen-bond acceptors (Lipinski definition) is 21. The summed E-state index contributed by atoms with van der Waals surface area (Å²) in [4.78, 5) is 24.9. The smallest absolute Gasteiger partial charge is 0.338 e. The van der Waals surface area contributed by atoms with Gasteiger partial charge in [-0.25, -0.2) is 9.59 Å². The molecule has 3 aliphatic heterocycles. The van der Waals surface area contributed by atoms with Crippen molar-refractivity contribution >= 4 is 11.9 Å². The fourth-order valence-corrected chi connectivity index (χ4v) is 6.29. The van der Waals surface area contributed by atoms with Crippen molar-refractivity contribution in [2.24, 2.45) is 0 Å². The predicted molar refractivity (Wildman–Crippen MR) is 175 cm³/mol. The van der Waals surface area contributed by atoms with Crippen LogP contribution in [0.2, 0.25) is 0 Å². The van der Waals surface area contributed by atoms with Crippen LogP contribution in [0, 0.1) is 0 Å². The van der Waals surface area contributed by atoms with E-state index in [0.717, 1.165) is 30.3 Å². The standard InChI is InChI=1S/C34H36O22/c35-8-20-22(42)23(43)26(46)33(54-20)51-11-5-13(36)12-7-19(28(52-18(12)6-11)9-1-14(37)21(41)15(38)2-9)53-32(50)10-3-16(39)29(17(40)4-10)55-34-27(47)24(44)25(45)30(56-34)31(48)49/h1-6,19-20,22-28,30,33-47H,7-8H2,(H,48,49)/t19-,20-,22-,23+,24+,25+,26-,27-,28-,30+,33-,34-/m1/s1. The van der Waals surface area contributed by atoms with Crippen LogP contribution >= 0.6 is 0 Å². The molecule has 0 radical (unpaired) electrons. The number of esters is 1. The highest BCUT2D eigenvalue weighted by molar-refractivity contribution is 5.91. The number of phenolic OH excluding ortho intramolecular Hbond substituents is 6. The zero-order valence-corrected chi connectivity index (χ0v) is 28.3. The molecule has 3 aliphatic rings. The molecule has 22 nitrogen and oxygen atoms in total. The predicted octanol–water partition coefficient (Wildman–Crippen LogP) is -2.73. The highest BCUT2D eigenvalue weighted by Crippen LogP contribution is 2.47. The van der Waals surface area contributed by atoms with Crippen molar-refractivity contribution in [3.05, 3.63) is 53.1 Å². The molecular weight excluding hydrogens is 760 g/mol. The summed E-state index contributed by atoms with van der Waals surface area (Å²) in [6.07, 6.45) is -21.9. The summed E-state index contributed by atoms with van der Waals surface area (Å²) in [6, 6.07) is 5.64. The number of aliphatic carboxylic acids is 1. The van der Waals surface area contributed by atoms with Crippen LogP contribution in [0.5, 0.6) is 51.7 Å². The van der Waals surface area contributed by atoms with Gasteiger partial charge in [-0.15, -0.1) is 0 Å². The Labute approximate surface area is 312 Å². The summed E-state index contributed by atoms with van der Waals surface area (Å²) in [5.74, 6) is -9.17. The zero-order valence-electron chi connectivity index (χ0n) is 28.3. The topological polar surface area (TPSA) is 373 Å². The maximum atomic E-state index is 13.5. The first-order chi connectivity index (χ1) is 26.4. The van der Waals surface area contributed by atoms with Gasteiger partial charge in [-0.05, 0) is 24.3 Å². The number of phenols is 6. The van der Waals surface area contributed by atoms with E-state index < -0.39 is 138 Å². The van der Waals surface area contributed by atoms with E-state index in [2.05, 4.69) is 0 Å². The first-order valence-electron chi connectivity index (χ1n) is 16.5. The Balaban J connectivity index is 1.27. The van der Waals surface area contributed by atoms with Crippen LogP contribution in [-0.2, 0) is 25.4 Å². The molecule has 3 aromatic carbocycles. The van der Waals surface area contributed by atoms with Gasteiger partial charge < -0.3 is 99.9 Å². The van der Waals surface area contributed by atoms with Crippen LogP contribution in [-0.4, -0.2) is 158 Å². The van der Waals surface area contributed by atoms with Gasteiger partial charge in [0.15, 0.2) is 41.0 Å². The molecule has 0 aliphatic carbocycles. The summed E-state index contributed by atoms with van der Waals surface area (Å²) in [5, 5.41) is 142. The summed E-state index contributed by atoms with van der Waals surface area (Å²) < 4.78 is 32.8. The molecule has 2 fully saturated rings. The molecule has 0 bridgehead atoms. The van der Waals surface area contributed by atoms with Crippen molar-refractivity contribution < 1.29 is 110 Å². The molecular formula is C34H36O22. The van der Waals surface area contributed by atoms with Crippen molar-refractivity contribution in [3.63, 3.8) is 0 Å². The lowest BCUT2D eigenvalue weighted by Crippen LogP contribution is -2.61. The van der Waals surface area contributed by atoms with Gasteiger partial charge in [-0.2, -0.15) is 0 Å². The first kappa shape index (κ1) is 40.1. The highest BCUT2D eigenvalue weighted by atomic mass is 16.7. The third-order valence-corrected chi connectivity index (χ3v) is 9.27. The monoisotopic (exact) mass is 796 g/mol. The maximum absolute atomic E-state index is 13.5. The van der Waals surface area contributed by atoms with Crippen LogP contribution in [0.4, 0.5) is 0 Å². The average molecular weight is 797 g/mol. The van der Waals surface area contributed by atoms with E-state index in [9.17, 15) is 81.1 Å². The molecule has 0 spiro atoms. The van der Waals surface area contributed by atoms with Crippen molar-refractivity contribution in [1.82, 2.24) is 0 Å². The lowest BCUT2D eigenvalue weighted by molar-refractivity contribution is -0.277. The number of carbonyl (C=O) groups excluding carboxylic acids is 1. The van der Waals surface area contributed by atoms with Gasteiger partial charge in [0.2, 0.25) is 18.3 Å². The average Bonchev–Trinajstić information content (AvgIpc) is 3.14. The van der Waals surface area contributed by atoms with Gasteiger partial charge in [0.05, 0.1) is 12.2 Å². The van der Waals surface area contributed by atoms with E-state index in [1.807, 2.05) is 0 Å². The zero-order chi connectivity index (χ0) is 40.9. The van der Waals surface area contributed by atoms with Crippen LogP contribution in [0.25, 0.3) is 0 Å². The van der Waals surface area contributed by atoms with Crippen molar-refractivity contribution in [3.8, 4) is 51.7 Å². The van der Waals surface area contributed by atoms with Crippen molar-refractivity contribution in [2.75, 3.05) is 6.61 Å². The second-order valence-electron chi connectivity index (χ2n) is 13.0. The Morgan fingerprint density at radius 3 is 1.86 bits per heavy atom. The number of carboxylic acids is 1. The molecule has 3 aromatic rings. The molecule has 12 atom stereocenters. The maximum Gasteiger partial charge on any atom is 0.338 e. The third-order valence-electron chi connectivity index (χ3n) is 9.27. The molecule has 0 aromatic heterocycles. The van der Waals surface area contributed by atoms with Crippen molar-refractivity contribution in [1.29, 1.82) is 0 Å². The number of carbonyl (C=O) groups is 2. The minimum absolute atomic E-state index is 0.000113. The second-order valence-corrected chi connectivity index (χ2v) is 13.0. The third kappa shape index (κ3) is 7.52. The number of carboxylic acid groups (broad SMARTS) is 1. The number of rotatable bonds is 9. The number of aliphatic hydroxyl groups is 7. The summed E-state index contributed by atoms with van der Waals surface area (Å²) in [5.41, 5.74) is -0.627. The Bertz CT molecular complexity index is 1920. The van der Waals surface area contributed by atoms with E-state index in [1.54, 1.807) is 0 Å². The normalized spacial score (nSPS) is 31.4. The molecule has 0 unspecified atom stereocenters. The number of hydrogen-bond donors (Lipinski definition) is 14. The molecule has 14 N–H and O–H groups in total. The Kier molecular flexibility index (Phi) is 11.1. The van der Waals surface area contributed by atoms with Crippen LogP contribution in [0.15, 0.2) is 36.4 Å². The number of benzene rings is 3. The first-order valence-corrected chi connectivity index (χ1v) is 16.5. The van der Waals surface area contributed by atoms with E-state index in [4.69, 9.17) is 28.4 Å². The fraction of sp³-hybridized carbons (Fsp3) is 0.412. The lowest BCUT2D eigenvalue weighted by atomic mass is 9.93. The molecule has 22 heteroatoms. The van der Waals surface area contributed by atoms with Gasteiger partial charge in [-0.1, -0.05) is 0 Å². The Hall–Kier alpha value is -5.56. The van der Waals surface area contributed by atoms with E-state index in [1.165, 1.54) is 6.07 Å². The largest absolute Gasteiger partial charge is 0.507 e. The minimum Gasteiger partial charge on any atom is -0.507 e. The van der Waals surface area contributed by atoms with Gasteiger partial charge in [0.1, 0.15) is 66.1 Å². The molecule has 0 saturated carbocycles. The Morgan fingerprint density at radius 1 is 0.679 bits per heavy atom. The lowest BCUT2D eigenvalue weighted by Gasteiger charge is -2.39. The molecule has 3 heterocycles. The van der Waals surface area contributed by atoms with Gasteiger partial charge in [0, 0.05) is 29.7 Å². The summed E-state index contributed by atoms with van der Waals surface area (Å²) >= 11 is 0. The van der Waals surface area contributed by atoms with Gasteiger partial charge in [-0.3, -0.25) is 0 Å². The highest BCUT2D eigenvalue weighted by Gasteiger charge is 2.49. The Morgan fingerprint density at radius 2 is 1.27 bits per heavy atom. The number of aliphatic hydroxyl groups excluding tert-OH is 7. The molecule has 304 valence electrons. The molecule has 56 heavy (non-hydrogen) atoms. The second kappa shape index (κ2) is 15.5. The van der Waals surface area contributed by atoms with Gasteiger partial charge >= 0.3 is 11.9 Å². The van der Waals surface area contributed by atoms with Crippen LogP contribution < -0.4 is 14.2 Å². The fourth-order valence-electron chi connectivity index (χ4n) is 6.29. The van der Waals surface area contributed by atoms with Crippen LogP contribution in [0.3, 0.4) is 0 Å². The van der Waals surface area contributed by atoms with E-state index >= 15 is 0 Å². The minimum atomic E-state index is -2.08. The summed E-state index contributed by atoms with van der Waals surface area (Å²) in [7, 11) is 0. The van der Waals surface area contributed by atoms with Crippen molar-refractivity contribution in [2.45, 2.75) is 80.0 Å². The quantitative estimate of drug-likeness (QED) is 0.0772. The van der Waals surface area contributed by atoms with E-state index in [0.29, 0.717) is 0 Å². The number of ether oxygens (including phenoxy) is 6. The number of fused-ring (bicyclic) bond motifs is 1. The molecule has 2 saturated heterocycles. The summed E-state index contributed by atoms with van der Waals surface area (Å²) in [6.45, 7) is -0.750. The molecule has 6 rings (SSSR count). The van der Waals surface area contributed by atoms with E-state index in [-0.39, 0.29) is 29.0 Å². The van der Waals surface area contributed by atoms with Gasteiger partial charge in [0.25, 0.3) is 0 Å². The number of aromatic hydroxyl groups is 6.